The zero-order valence-corrected chi connectivity index (χ0v) is 16.5. The maximum Gasteiger partial charge on any atom is 0.328 e. The molecular weight excluding hydrogens is 400 g/mol. The lowest BCUT2D eigenvalue weighted by atomic mass is 10.1. The minimum atomic E-state index is -3.88. The molecular formula is C19H17ClN4O3S. The van der Waals surface area contributed by atoms with E-state index in [0.29, 0.717) is 16.5 Å². The van der Waals surface area contributed by atoms with E-state index in [1.807, 2.05) is 24.3 Å². The van der Waals surface area contributed by atoms with E-state index in [-0.39, 0.29) is 12.4 Å². The fourth-order valence-electron chi connectivity index (χ4n) is 3.22. The third kappa shape index (κ3) is 3.25. The van der Waals surface area contributed by atoms with Crippen LogP contribution in [0.2, 0.25) is 5.02 Å². The molecule has 0 amide bonds. The van der Waals surface area contributed by atoms with E-state index in [9.17, 15) is 8.42 Å². The molecule has 1 aromatic heterocycles. The second kappa shape index (κ2) is 7.29. The van der Waals surface area contributed by atoms with Crippen LogP contribution in [0.15, 0.2) is 66.9 Å². The zero-order valence-electron chi connectivity index (χ0n) is 14.9. The molecule has 7 nitrogen and oxygen atoms in total. The molecule has 4 rings (SSSR count). The van der Waals surface area contributed by atoms with Crippen LogP contribution in [-0.4, -0.2) is 32.3 Å². The van der Waals surface area contributed by atoms with E-state index >= 15 is 0 Å². The molecule has 0 saturated carbocycles. The number of ether oxygens (including phenoxy) is 1. The Bertz CT molecular complexity index is 1080. The van der Waals surface area contributed by atoms with E-state index in [1.165, 1.54) is 14.8 Å². The van der Waals surface area contributed by atoms with E-state index in [1.54, 1.807) is 43.5 Å². The molecule has 1 fully saturated rings. The third-order valence-electron chi connectivity index (χ3n) is 4.52. The van der Waals surface area contributed by atoms with Gasteiger partial charge in [0.25, 0.3) is 0 Å². The summed E-state index contributed by atoms with van der Waals surface area (Å²) in [7, 11) is -2.31. The van der Waals surface area contributed by atoms with Crippen LogP contribution in [-0.2, 0) is 10.2 Å². The fourth-order valence-corrected chi connectivity index (χ4v) is 5.12. The number of rotatable bonds is 4. The number of methoxy groups -OCH3 is 1. The van der Waals surface area contributed by atoms with Crippen molar-refractivity contribution >= 4 is 33.3 Å². The zero-order chi connectivity index (χ0) is 19.7. The third-order valence-corrected chi connectivity index (χ3v) is 6.63. The van der Waals surface area contributed by atoms with Gasteiger partial charge in [0.15, 0.2) is 5.82 Å². The number of hydrogen-bond acceptors (Lipinski definition) is 5. The minimum Gasteiger partial charge on any atom is -0.497 e. The highest BCUT2D eigenvalue weighted by Crippen LogP contribution is 2.40. The summed E-state index contributed by atoms with van der Waals surface area (Å²) >= 11 is 5.99. The Labute approximate surface area is 168 Å². The molecule has 0 aliphatic carbocycles. The van der Waals surface area contributed by atoms with Gasteiger partial charge >= 0.3 is 10.2 Å². The van der Waals surface area contributed by atoms with Gasteiger partial charge in [-0.3, -0.25) is 0 Å². The lowest BCUT2D eigenvalue weighted by molar-refractivity contribution is 0.414. The lowest BCUT2D eigenvalue weighted by Gasteiger charge is -2.24. The molecule has 0 bridgehead atoms. The summed E-state index contributed by atoms with van der Waals surface area (Å²) in [5.41, 5.74) is 1.33. The number of benzene rings is 2. The molecule has 1 saturated heterocycles. The van der Waals surface area contributed by atoms with Crippen LogP contribution in [0.25, 0.3) is 0 Å². The summed E-state index contributed by atoms with van der Waals surface area (Å²) in [4.78, 5) is 0. The average Bonchev–Trinajstić information content (AvgIpc) is 3.00. The minimum absolute atomic E-state index is 0.191. The van der Waals surface area contributed by atoms with Crippen molar-refractivity contribution in [2.45, 2.75) is 6.04 Å². The normalized spacial score (nSPS) is 18.3. The van der Waals surface area contributed by atoms with Crippen LogP contribution in [0.4, 0.5) is 11.5 Å². The van der Waals surface area contributed by atoms with Crippen molar-refractivity contribution in [1.82, 2.24) is 10.2 Å². The van der Waals surface area contributed by atoms with Crippen molar-refractivity contribution < 1.29 is 13.2 Å². The molecule has 9 heteroatoms. The Balaban J connectivity index is 1.85. The Hall–Kier alpha value is -2.84. The Morgan fingerprint density at radius 2 is 1.89 bits per heavy atom. The molecule has 144 valence electrons. The summed E-state index contributed by atoms with van der Waals surface area (Å²) in [5.74, 6) is 0.927. The first-order valence-corrected chi connectivity index (χ1v) is 10.3. The highest BCUT2D eigenvalue weighted by molar-refractivity contribution is 7.94. The van der Waals surface area contributed by atoms with Gasteiger partial charge in [0, 0.05) is 11.2 Å². The van der Waals surface area contributed by atoms with Crippen molar-refractivity contribution in [3.63, 3.8) is 0 Å². The van der Waals surface area contributed by atoms with Gasteiger partial charge in [0.05, 0.1) is 25.4 Å². The second-order valence-corrected chi connectivity index (χ2v) is 8.35. The topological polar surface area (TPSA) is 75.6 Å². The predicted molar refractivity (Wildman–Crippen MR) is 108 cm³/mol. The monoisotopic (exact) mass is 416 g/mol. The van der Waals surface area contributed by atoms with E-state index in [0.717, 1.165) is 5.56 Å². The van der Waals surface area contributed by atoms with Gasteiger partial charge in [0.1, 0.15) is 5.75 Å². The van der Waals surface area contributed by atoms with E-state index < -0.39 is 16.3 Å². The number of halogens is 1. The number of aromatic nitrogens is 2. The van der Waals surface area contributed by atoms with Crippen molar-refractivity contribution in [3.8, 4) is 5.75 Å². The largest absolute Gasteiger partial charge is 0.497 e. The molecule has 1 atom stereocenters. The molecule has 0 spiro atoms. The van der Waals surface area contributed by atoms with Crippen molar-refractivity contribution in [1.29, 1.82) is 0 Å². The molecule has 1 aliphatic heterocycles. The molecule has 3 aromatic rings. The Morgan fingerprint density at radius 1 is 1.11 bits per heavy atom. The van der Waals surface area contributed by atoms with Crippen molar-refractivity contribution in [2.24, 2.45) is 0 Å². The van der Waals surface area contributed by atoms with Gasteiger partial charge in [-0.25, -0.2) is 8.61 Å². The van der Waals surface area contributed by atoms with E-state index in [2.05, 4.69) is 10.2 Å². The van der Waals surface area contributed by atoms with Gasteiger partial charge in [0.2, 0.25) is 0 Å². The maximum atomic E-state index is 13.4. The smallest absolute Gasteiger partial charge is 0.328 e. The SMILES string of the molecule is COc1cccc(C2CN(c3cccnn3)S(=O)(=O)N2c2ccc(Cl)cc2)c1. The first kappa shape index (κ1) is 18.5. The van der Waals surface area contributed by atoms with Crippen LogP contribution in [0, 0.1) is 0 Å². The van der Waals surface area contributed by atoms with Gasteiger partial charge in [-0.1, -0.05) is 23.7 Å². The molecule has 0 N–H and O–H groups in total. The molecule has 0 radical (unpaired) electrons. The fraction of sp³-hybridized carbons (Fsp3) is 0.158. The first-order chi connectivity index (χ1) is 13.5. The number of hydrogen-bond donors (Lipinski definition) is 0. The Kier molecular flexibility index (Phi) is 4.82. The van der Waals surface area contributed by atoms with Crippen LogP contribution in [0.3, 0.4) is 0 Å². The molecule has 1 unspecified atom stereocenters. The highest BCUT2D eigenvalue weighted by atomic mass is 35.5. The first-order valence-electron chi connectivity index (χ1n) is 8.50. The Morgan fingerprint density at radius 3 is 2.57 bits per heavy atom. The summed E-state index contributed by atoms with van der Waals surface area (Å²) < 4.78 is 34.8. The standard InChI is InChI=1S/C19H17ClN4O3S/c1-27-17-5-2-4-14(12-17)18-13-23(19-6-3-11-21-22-19)28(25,26)24(18)16-9-7-15(20)8-10-16/h2-12,18H,13H2,1H3. The van der Waals surface area contributed by atoms with Crippen LogP contribution < -0.4 is 13.3 Å². The van der Waals surface area contributed by atoms with Crippen molar-refractivity contribution in [2.75, 3.05) is 22.3 Å². The molecule has 2 aromatic carbocycles. The highest BCUT2D eigenvalue weighted by Gasteiger charge is 2.45. The lowest BCUT2D eigenvalue weighted by Crippen LogP contribution is -2.34. The average molecular weight is 417 g/mol. The summed E-state index contributed by atoms with van der Waals surface area (Å²) in [6.45, 7) is 0.191. The quantitative estimate of drug-likeness (QED) is 0.651. The van der Waals surface area contributed by atoms with Crippen LogP contribution >= 0.6 is 11.6 Å². The van der Waals surface area contributed by atoms with Gasteiger partial charge in [-0.15, -0.1) is 5.10 Å². The van der Waals surface area contributed by atoms with Gasteiger partial charge in [-0.2, -0.15) is 13.5 Å². The number of nitrogens with zero attached hydrogens (tertiary/aromatic N) is 4. The summed E-state index contributed by atoms with van der Waals surface area (Å²) in [5, 5.41) is 8.33. The van der Waals surface area contributed by atoms with Crippen molar-refractivity contribution in [3.05, 3.63) is 77.4 Å². The maximum absolute atomic E-state index is 13.4. The number of anilines is 2. The summed E-state index contributed by atoms with van der Waals surface area (Å²) in [6.07, 6.45) is 1.50. The van der Waals surface area contributed by atoms with Crippen LogP contribution in [0.1, 0.15) is 11.6 Å². The van der Waals surface area contributed by atoms with Gasteiger partial charge < -0.3 is 4.74 Å². The van der Waals surface area contributed by atoms with Crippen LogP contribution in [0.5, 0.6) is 5.75 Å². The predicted octanol–water partition coefficient (Wildman–Crippen LogP) is 3.45. The molecule has 2 heterocycles. The van der Waals surface area contributed by atoms with Gasteiger partial charge in [-0.05, 0) is 54.1 Å². The molecule has 28 heavy (non-hydrogen) atoms. The molecule has 1 aliphatic rings. The van der Waals surface area contributed by atoms with E-state index in [4.69, 9.17) is 16.3 Å². The second-order valence-electron chi connectivity index (χ2n) is 6.19. The summed E-state index contributed by atoms with van der Waals surface area (Å²) in [6, 6.07) is 16.9.